The van der Waals surface area contributed by atoms with Gasteiger partial charge in [-0.2, -0.15) is 0 Å². The summed E-state index contributed by atoms with van der Waals surface area (Å²) in [6.07, 6.45) is 2.97. The van der Waals surface area contributed by atoms with Gasteiger partial charge < -0.3 is 5.11 Å². The minimum atomic E-state index is -0.250. The van der Waals surface area contributed by atoms with Crippen LogP contribution in [-0.4, -0.2) is 16.6 Å². The van der Waals surface area contributed by atoms with Crippen molar-refractivity contribution in [3.8, 4) is 0 Å². The lowest BCUT2D eigenvalue weighted by Gasteiger charge is -1.69. The zero-order valence-corrected chi connectivity index (χ0v) is 5.32. The van der Waals surface area contributed by atoms with E-state index in [1.807, 2.05) is 12.3 Å². The summed E-state index contributed by atoms with van der Waals surface area (Å²) in [5.74, 6) is 0. The molecule has 0 fully saturated rings. The molecule has 1 aliphatic rings. The average molecular weight is 137 g/mol. The molecule has 0 bridgehead atoms. The van der Waals surface area contributed by atoms with Gasteiger partial charge in [0.05, 0.1) is 0 Å². The predicted molar refractivity (Wildman–Crippen MR) is 35.7 cm³/mol. The van der Waals surface area contributed by atoms with Gasteiger partial charge in [-0.05, 0) is 11.6 Å². The van der Waals surface area contributed by atoms with Crippen molar-refractivity contribution >= 4 is 6.47 Å². The lowest BCUT2D eigenvalue weighted by molar-refractivity contribution is -0.122. The van der Waals surface area contributed by atoms with Crippen LogP contribution in [0.4, 0.5) is 0 Å². The summed E-state index contributed by atoms with van der Waals surface area (Å²) in [4.78, 5) is 12.4. The number of hydrogen-bond donors (Lipinski definition) is 1. The molecule has 0 saturated heterocycles. The van der Waals surface area contributed by atoms with E-state index in [9.17, 15) is 0 Å². The van der Waals surface area contributed by atoms with Gasteiger partial charge in [0.2, 0.25) is 0 Å². The van der Waals surface area contributed by atoms with Crippen molar-refractivity contribution in [3.63, 3.8) is 0 Å². The highest BCUT2D eigenvalue weighted by Gasteiger charge is 2.14. The first-order valence-corrected chi connectivity index (χ1v) is 2.89. The van der Waals surface area contributed by atoms with E-state index < -0.39 is 0 Å². The third-order valence-corrected chi connectivity index (χ3v) is 1.22. The molecule has 1 aromatic rings. The SMILES string of the molecule is O=CO.c1cnc2c(c1)C2. The second-order valence-electron chi connectivity index (χ2n) is 1.89. The highest BCUT2D eigenvalue weighted by Crippen LogP contribution is 2.22. The molecular formula is C7H7NO2. The quantitative estimate of drug-likeness (QED) is 0.543. The van der Waals surface area contributed by atoms with Crippen LogP contribution in [0.2, 0.25) is 0 Å². The van der Waals surface area contributed by atoms with E-state index in [1.165, 1.54) is 11.3 Å². The number of carboxylic acid groups (broad SMARTS) is 1. The maximum atomic E-state index is 8.36. The van der Waals surface area contributed by atoms with Gasteiger partial charge in [-0.25, -0.2) is 0 Å². The standard InChI is InChI=1S/C6H5N.CH2O2/c1-2-5-4-6(5)7-3-1;2-1-3/h1-3H,4H2;1H,(H,2,3). The van der Waals surface area contributed by atoms with Crippen molar-refractivity contribution in [1.82, 2.24) is 4.98 Å². The molecule has 3 nitrogen and oxygen atoms in total. The van der Waals surface area contributed by atoms with Crippen LogP contribution < -0.4 is 0 Å². The molecule has 0 amide bonds. The van der Waals surface area contributed by atoms with E-state index in [-0.39, 0.29) is 6.47 Å². The van der Waals surface area contributed by atoms with E-state index >= 15 is 0 Å². The van der Waals surface area contributed by atoms with Gasteiger partial charge in [-0.3, -0.25) is 9.78 Å². The fourth-order valence-electron chi connectivity index (χ4n) is 0.712. The molecule has 1 aliphatic carbocycles. The fourth-order valence-corrected chi connectivity index (χ4v) is 0.712. The van der Waals surface area contributed by atoms with Crippen molar-refractivity contribution < 1.29 is 9.90 Å². The summed E-state index contributed by atoms with van der Waals surface area (Å²) < 4.78 is 0. The Morgan fingerprint density at radius 2 is 2.40 bits per heavy atom. The Kier molecular flexibility index (Phi) is 1.99. The van der Waals surface area contributed by atoms with Gasteiger partial charge in [0, 0.05) is 18.3 Å². The lowest BCUT2D eigenvalue weighted by Crippen LogP contribution is -1.60. The third-order valence-electron chi connectivity index (χ3n) is 1.22. The second kappa shape index (κ2) is 2.96. The third kappa shape index (κ3) is 1.55. The summed E-state index contributed by atoms with van der Waals surface area (Å²) in [7, 11) is 0. The Hall–Kier alpha value is -1.38. The molecule has 0 spiro atoms. The van der Waals surface area contributed by atoms with E-state index in [1.54, 1.807) is 0 Å². The summed E-state index contributed by atoms with van der Waals surface area (Å²) in [6.45, 7) is -0.250. The van der Waals surface area contributed by atoms with Crippen molar-refractivity contribution in [2.45, 2.75) is 6.42 Å². The number of nitrogens with zero attached hydrogens (tertiary/aromatic N) is 1. The zero-order valence-electron chi connectivity index (χ0n) is 5.32. The molecule has 0 radical (unpaired) electrons. The van der Waals surface area contributed by atoms with Crippen LogP contribution in [0, 0.1) is 0 Å². The first kappa shape index (κ1) is 6.74. The molecule has 0 aromatic carbocycles. The van der Waals surface area contributed by atoms with Crippen molar-refractivity contribution in [2.75, 3.05) is 0 Å². The molecular weight excluding hydrogens is 130 g/mol. The summed E-state index contributed by atoms with van der Waals surface area (Å²) in [5.41, 5.74) is 2.70. The minimum absolute atomic E-state index is 0.250. The molecule has 0 atom stereocenters. The molecule has 0 unspecified atom stereocenters. The fraction of sp³-hybridized carbons (Fsp3) is 0.143. The van der Waals surface area contributed by atoms with Gasteiger partial charge >= 0.3 is 0 Å². The lowest BCUT2D eigenvalue weighted by atomic mass is 10.5. The number of carbonyl (C=O) groups is 1. The highest BCUT2D eigenvalue weighted by atomic mass is 16.3. The van der Waals surface area contributed by atoms with Crippen molar-refractivity contribution in [1.29, 1.82) is 0 Å². The number of fused-ring (bicyclic) bond motifs is 1. The van der Waals surface area contributed by atoms with E-state index in [2.05, 4.69) is 11.1 Å². The average Bonchev–Trinajstić information content (AvgIpc) is 2.66. The number of pyridine rings is 1. The van der Waals surface area contributed by atoms with Crippen LogP contribution in [0.1, 0.15) is 11.3 Å². The van der Waals surface area contributed by atoms with Crippen LogP contribution in [0.15, 0.2) is 18.3 Å². The minimum Gasteiger partial charge on any atom is -0.483 e. The van der Waals surface area contributed by atoms with Crippen LogP contribution in [0.3, 0.4) is 0 Å². The monoisotopic (exact) mass is 137 g/mol. The Morgan fingerprint density at radius 1 is 1.70 bits per heavy atom. The Morgan fingerprint density at radius 3 is 2.80 bits per heavy atom. The molecule has 1 heterocycles. The van der Waals surface area contributed by atoms with Crippen LogP contribution >= 0.6 is 0 Å². The highest BCUT2D eigenvalue weighted by molar-refractivity contribution is 5.37. The van der Waals surface area contributed by atoms with E-state index in [4.69, 9.17) is 9.90 Å². The normalized spacial score (nSPS) is 10.4. The van der Waals surface area contributed by atoms with Crippen LogP contribution in [0.5, 0.6) is 0 Å². The van der Waals surface area contributed by atoms with E-state index in [0.717, 1.165) is 6.42 Å². The van der Waals surface area contributed by atoms with Gasteiger partial charge in [0.15, 0.2) is 0 Å². The predicted octanol–water partition coefficient (Wildman–Crippen LogP) is 0.687. The molecule has 52 valence electrons. The molecule has 1 N–H and O–H groups in total. The van der Waals surface area contributed by atoms with E-state index in [0.29, 0.717) is 0 Å². The summed E-state index contributed by atoms with van der Waals surface area (Å²) in [5, 5.41) is 6.89. The molecule has 10 heavy (non-hydrogen) atoms. The maximum Gasteiger partial charge on any atom is 0.290 e. The molecule has 0 saturated carbocycles. The molecule has 0 aliphatic heterocycles. The zero-order chi connectivity index (χ0) is 7.40. The van der Waals surface area contributed by atoms with Gasteiger partial charge in [-0.15, -0.1) is 0 Å². The van der Waals surface area contributed by atoms with Gasteiger partial charge in [0.1, 0.15) is 0 Å². The van der Waals surface area contributed by atoms with Crippen molar-refractivity contribution in [2.24, 2.45) is 0 Å². The largest absolute Gasteiger partial charge is 0.483 e. The van der Waals surface area contributed by atoms with Gasteiger partial charge in [-0.1, -0.05) is 6.07 Å². The second-order valence-corrected chi connectivity index (χ2v) is 1.89. The summed E-state index contributed by atoms with van der Waals surface area (Å²) in [6, 6.07) is 4.09. The Bertz CT molecular complexity index is 214. The maximum absolute atomic E-state index is 8.36. The van der Waals surface area contributed by atoms with Crippen LogP contribution in [0.25, 0.3) is 0 Å². The summed E-state index contributed by atoms with van der Waals surface area (Å²) >= 11 is 0. The molecule has 3 heteroatoms. The van der Waals surface area contributed by atoms with Gasteiger partial charge in [0.25, 0.3) is 6.47 Å². The topological polar surface area (TPSA) is 50.2 Å². The number of hydrogen-bond acceptors (Lipinski definition) is 2. The Labute approximate surface area is 58.3 Å². The number of rotatable bonds is 0. The molecule has 2 rings (SSSR count). The number of aromatic nitrogens is 1. The first-order chi connectivity index (χ1) is 4.88. The van der Waals surface area contributed by atoms with Crippen LogP contribution in [-0.2, 0) is 11.2 Å². The first-order valence-electron chi connectivity index (χ1n) is 2.89. The Balaban J connectivity index is 0.000000148. The molecule has 1 aromatic heterocycles. The smallest absolute Gasteiger partial charge is 0.290 e. The van der Waals surface area contributed by atoms with Crippen molar-refractivity contribution in [3.05, 3.63) is 29.6 Å².